The maximum absolute atomic E-state index is 6.85. The lowest BCUT2D eigenvalue weighted by molar-refractivity contribution is 0.563. The molecule has 2 nitrogen and oxygen atoms in total. The monoisotopic (exact) mass is 919 g/mol. The summed E-state index contributed by atoms with van der Waals surface area (Å²) >= 11 is 0. The van der Waals surface area contributed by atoms with Gasteiger partial charge in [0.05, 0.1) is 16.8 Å². The zero-order valence-electron chi connectivity index (χ0n) is 40.2. The molecule has 1 heterocycles. The van der Waals surface area contributed by atoms with Crippen LogP contribution in [0, 0.1) is 0 Å². The first kappa shape index (κ1) is 41.9. The summed E-state index contributed by atoms with van der Waals surface area (Å²) < 4.78 is 6.85. The molecule has 0 atom stereocenters. The molecule has 0 amide bonds. The van der Waals surface area contributed by atoms with Crippen molar-refractivity contribution in [1.82, 2.24) is 0 Å². The Labute approximate surface area is 420 Å². The zero-order valence-corrected chi connectivity index (χ0v) is 40.2. The predicted molar refractivity (Wildman–Crippen MR) is 300 cm³/mol. The molecule has 0 N–H and O–H groups in total. The molecule has 0 aliphatic heterocycles. The molecule has 340 valence electrons. The molecule has 72 heavy (non-hydrogen) atoms. The summed E-state index contributed by atoms with van der Waals surface area (Å²) in [4.78, 5) is 2.40. The van der Waals surface area contributed by atoms with E-state index in [4.69, 9.17) is 4.42 Å². The molecule has 1 spiro atoms. The third-order valence-corrected chi connectivity index (χ3v) is 15.8. The fraction of sp³-hybridized carbons (Fsp3) is 0.0571. The summed E-state index contributed by atoms with van der Waals surface area (Å²) in [5.41, 5.74) is 24.3. The Bertz CT molecular complexity index is 4030. The summed E-state index contributed by atoms with van der Waals surface area (Å²) in [6.07, 6.45) is 0. The van der Waals surface area contributed by atoms with Crippen molar-refractivity contribution in [3.05, 3.63) is 294 Å². The van der Waals surface area contributed by atoms with Crippen LogP contribution in [0.2, 0.25) is 0 Å². The minimum atomic E-state index is -0.464. The smallest absolute Gasteiger partial charge is 0.159 e. The lowest BCUT2D eigenvalue weighted by Crippen LogP contribution is -2.40. The Morgan fingerprint density at radius 1 is 0.306 bits per heavy atom. The molecule has 0 saturated carbocycles. The van der Waals surface area contributed by atoms with E-state index in [9.17, 15) is 0 Å². The first-order valence-electron chi connectivity index (χ1n) is 25.1. The highest BCUT2D eigenvalue weighted by molar-refractivity contribution is 6.11. The molecule has 0 unspecified atom stereocenters. The van der Waals surface area contributed by atoms with E-state index in [1.165, 1.54) is 72.3 Å². The molecular weight excluding hydrogens is 871 g/mol. The zero-order chi connectivity index (χ0) is 48.0. The van der Waals surface area contributed by atoms with Gasteiger partial charge < -0.3 is 9.32 Å². The highest BCUT2D eigenvalue weighted by Gasteiger charge is 2.53. The van der Waals surface area contributed by atoms with Crippen molar-refractivity contribution >= 4 is 39.0 Å². The molecule has 0 bridgehead atoms. The molecule has 2 aliphatic rings. The van der Waals surface area contributed by atoms with E-state index in [0.717, 1.165) is 55.7 Å². The Morgan fingerprint density at radius 3 is 1.50 bits per heavy atom. The highest BCUT2D eigenvalue weighted by Crippen LogP contribution is 2.62. The SMILES string of the molecule is CC1(C)c2ccccc2C2(c3ccccc3-c3ccc(-c4ccc(N(c5ccccc5-c5ccccc5-c5ccccc5-c5ccccc5)c5cccc6c5oc5ccccc56)cc4)cc32)c2ccccc21. The van der Waals surface area contributed by atoms with Crippen molar-refractivity contribution in [2.24, 2.45) is 0 Å². The number of rotatable bonds is 7. The average Bonchev–Trinajstić information content (AvgIpc) is 3.98. The largest absolute Gasteiger partial charge is 0.454 e. The van der Waals surface area contributed by atoms with Crippen LogP contribution in [0.15, 0.2) is 265 Å². The van der Waals surface area contributed by atoms with Gasteiger partial charge in [0.1, 0.15) is 5.58 Å². The Balaban J connectivity index is 0.949. The van der Waals surface area contributed by atoms with Crippen molar-refractivity contribution in [3.8, 4) is 55.6 Å². The van der Waals surface area contributed by atoms with Crippen LogP contribution in [0.3, 0.4) is 0 Å². The van der Waals surface area contributed by atoms with E-state index in [1.54, 1.807) is 0 Å². The number of para-hydroxylation sites is 3. The Hall–Kier alpha value is -8.98. The van der Waals surface area contributed by atoms with Crippen molar-refractivity contribution in [2.45, 2.75) is 24.7 Å². The lowest BCUT2D eigenvalue weighted by Gasteiger charge is -2.46. The van der Waals surface area contributed by atoms with Crippen LogP contribution in [-0.4, -0.2) is 0 Å². The maximum Gasteiger partial charge on any atom is 0.159 e. The van der Waals surface area contributed by atoms with Gasteiger partial charge >= 0.3 is 0 Å². The van der Waals surface area contributed by atoms with Crippen molar-refractivity contribution in [2.75, 3.05) is 4.90 Å². The van der Waals surface area contributed by atoms with Gasteiger partial charge in [0.2, 0.25) is 0 Å². The number of benzene rings is 11. The van der Waals surface area contributed by atoms with E-state index in [2.05, 4.69) is 274 Å². The van der Waals surface area contributed by atoms with Gasteiger partial charge in [0.25, 0.3) is 0 Å². The van der Waals surface area contributed by atoms with Crippen LogP contribution < -0.4 is 4.90 Å². The minimum Gasteiger partial charge on any atom is -0.454 e. The molecular formula is C70H49NO. The number of hydrogen-bond acceptors (Lipinski definition) is 2. The van der Waals surface area contributed by atoms with Gasteiger partial charge in [-0.2, -0.15) is 0 Å². The summed E-state index contributed by atoms with van der Waals surface area (Å²) in [6.45, 7) is 4.77. The van der Waals surface area contributed by atoms with Crippen molar-refractivity contribution in [1.29, 1.82) is 0 Å². The molecule has 2 heteroatoms. The van der Waals surface area contributed by atoms with Gasteiger partial charge in [0.15, 0.2) is 5.58 Å². The maximum atomic E-state index is 6.85. The molecule has 1 aromatic heterocycles. The molecule has 0 fully saturated rings. The molecule has 2 aliphatic carbocycles. The van der Waals surface area contributed by atoms with Crippen LogP contribution in [0.5, 0.6) is 0 Å². The first-order valence-corrected chi connectivity index (χ1v) is 25.1. The predicted octanol–water partition coefficient (Wildman–Crippen LogP) is 18.7. The van der Waals surface area contributed by atoms with Crippen LogP contribution in [0.4, 0.5) is 17.1 Å². The quantitative estimate of drug-likeness (QED) is 0.158. The van der Waals surface area contributed by atoms with Crippen LogP contribution in [0.1, 0.15) is 47.2 Å². The lowest BCUT2D eigenvalue weighted by atomic mass is 9.55. The number of furan rings is 1. The topological polar surface area (TPSA) is 16.4 Å². The van der Waals surface area contributed by atoms with Crippen molar-refractivity contribution in [3.63, 3.8) is 0 Å². The first-order chi connectivity index (χ1) is 35.5. The summed E-state index contributed by atoms with van der Waals surface area (Å²) in [5.74, 6) is 0. The van der Waals surface area contributed by atoms with E-state index in [0.29, 0.717) is 0 Å². The highest BCUT2D eigenvalue weighted by atomic mass is 16.3. The molecule has 12 aromatic rings. The summed E-state index contributed by atoms with van der Waals surface area (Å²) in [5, 5.41) is 2.19. The number of fused-ring (bicyclic) bond motifs is 12. The van der Waals surface area contributed by atoms with E-state index in [-0.39, 0.29) is 5.41 Å². The minimum absolute atomic E-state index is 0.157. The van der Waals surface area contributed by atoms with Crippen LogP contribution in [-0.2, 0) is 10.8 Å². The van der Waals surface area contributed by atoms with Gasteiger partial charge in [0, 0.05) is 27.4 Å². The normalized spacial score (nSPS) is 13.6. The van der Waals surface area contributed by atoms with E-state index in [1.807, 2.05) is 6.07 Å². The summed E-state index contributed by atoms with van der Waals surface area (Å²) in [6, 6.07) is 95.8. The van der Waals surface area contributed by atoms with Gasteiger partial charge in [-0.3, -0.25) is 0 Å². The second-order valence-corrected chi connectivity index (χ2v) is 19.9. The number of nitrogens with zero attached hydrogens (tertiary/aromatic N) is 1. The van der Waals surface area contributed by atoms with Gasteiger partial charge in [-0.05, 0) is 120 Å². The third kappa shape index (κ3) is 6.15. The third-order valence-electron chi connectivity index (χ3n) is 15.8. The Morgan fingerprint density at radius 2 is 0.792 bits per heavy atom. The number of anilines is 3. The van der Waals surface area contributed by atoms with Crippen molar-refractivity contribution < 1.29 is 4.42 Å². The second kappa shape index (κ2) is 16.3. The van der Waals surface area contributed by atoms with Gasteiger partial charge in [-0.25, -0.2) is 0 Å². The van der Waals surface area contributed by atoms with Gasteiger partial charge in [-0.15, -0.1) is 0 Å². The number of hydrogen-bond donors (Lipinski definition) is 0. The molecule has 0 radical (unpaired) electrons. The average molecular weight is 920 g/mol. The Kier molecular flexibility index (Phi) is 9.50. The van der Waals surface area contributed by atoms with Gasteiger partial charge in [-0.1, -0.05) is 238 Å². The summed E-state index contributed by atoms with van der Waals surface area (Å²) in [7, 11) is 0. The van der Waals surface area contributed by atoms with Crippen LogP contribution in [0.25, 0.3) is 77.6 Å². The second-order valence-electron chi connectivity index (χ2n) is 19.9. The molecule has 11 aromatic carbocycles. The fourth-order valence-electron chi connectivity index (χ4n) is 12.6. The molecule has 0 saturated heterocycles. The van der Waals surface area contributed by atoms with Crippen LogP contribution >= 0.6 is 0 Å². The van der Waals surface area contributed by atoms with E-state index < -0.39 is 5.41 Å². The fourth-order valence-corrected chi connectivity index (χ4v) is 12.6. The van der Waals surface area contributed by atoms with E-state index >= 15 is 0 Å². The standard InChI is InChI=1S/C70H49NO/c1-69(2)60-32-14-16-34-62(60)70(63-35-17-15-33-61(63)69)59-31-13-10-27-54(59)55-44-41-48(45-64(55)70)46-39-42-49(43-40-46)71(66-37-20-30-58-57-29-12-19-38-67(57)72-68(58)66)65-36-18-11-28-56(65)53-26-9-8-25-52(53)51-24-7-6-23-50(51)47-21-4-3-5-22-47/h3-45H,1-2H3. The molecule has 14 rings (SSSR count).